The summed E-state index contributed by atoms with van der Waals surface area (Å²) in [6.07, 6.45) is -2.72. The van der Waals surface area contributed by atoms with E-state index in [-0.39, 0.29) is 5.69 Å². The third kappa shape index (κ3) is 3.80. The van der Waals surface area contributed by atoms with E-state index < -0.39 is 22.4 Å². The SMILES string of the molecule is CSCCNc1ccc(C(F)(F)F)cc1[N+](=O)[O-]. The fourth-order valence-electron chi connectivity index (χ4n) is 1.30. The van der Waals surface area contributed by atoms with Gasteiger partial charge in [-0.15, -0.1) is 0 Å². The standard InChI is InChI=1S/C10H11F3N2O2S/c1-18-5-4-14-8-3-2-7(10(11,12)13)6-9(8)15(16)17/h2-3,6,14H,4-5H2,1H3. The van der Waals surface area contributed by atoms with Gasteiger partial charge in [-0.25, -0.2) is 0 Å². The topological polar surface area (TPSA) is 55.2 Å². The van der Waals surface area contributed by atoms with E-state index in [0.29, 0.717) is 18.4 Å². The molecule has 0 atom stereocenters. The summed E-state index contributed by atoms with van der Waals surface area (Å²) in [4.78, 5) is 9.90. The van der Waals surface area contributed by atoms with Gasteiger partial charge in [-0.1, -0.05) is 0 Å². The van der Waals surface area contributed by atoms with Crippen LogP contribution in [0.1, 0.15) is 5.56 Å². The van der Waals surface area contributed by atoms with Gasteiger partial charge in [-0.3, -0.25) is 10.1 Å². The first-order valence-electron chi connectivity index (χ1n) is 4.94. The molecule has 18 heavy (non-hydrogen) atoms. The largest absolute Gasteiger partial charge is 0.416 e. The zero-order valence-electron chi connectivity index (χ0n) is 9.45. The molecule has 0 unspecified atom stereocenters. The van der Waals surface area contributed by atoms with Gasteiger partial charge in [-0.05, 0) is 18.4 Å². The van der Waals surface area contributed by atoms with E-state index in [9.17, 15) is 23.3 Å². The third-order valence-electron chi connectivity index (χ3n) is 2.14. The minimum absolute atomic E-state index is 0.0991. The van der Waals surface area contributed by atoms with Crippen molar-refractivity contribution in [1.29, 1.82) is 0 Å². The van der Waals surface area contributed by atoms with Gasteiger partial charge in [0.1, 0.15) is 5.69 Å². The number of halogens is 3. The maximum atomic E-state index is 12.4. The molecule has 0 saturated heterocycles. The van der Waals surface area contributed by atoms with Crippen LogP contribution in [-0.4, -0.2) is 23.5 Å². The molecule has 0 aliphatic rings. The van der Waals surface area contributed by atoms with Crippen LogP contribution in [0.4, 0.5) is 24.5 Å². The van der Waals surface area contributed by atoms with E-state index in [2.05, 4.69) is 5.32 Å². The first kappa shape index (κ1) is 14.6. The van der Waals surface area contributed by atoms with Gasteiger partial charge in [0.2, 0.25) is 0 Å². The Bertz CT molecular complexity index is 438. The van der Waals surface area contributed by atoms with E-state index in [1.165, 1.54) is 11.8 Å². The van der Waals surface area contributed by atoms with Crippen LogP contribution >= 0.6 is 11.8 Å². The maximum Gasteiger partial charge on any atom is 0.416 e. The molecule has 0 heterocycles. The zero-order valence-corrected chi connectivity index (χ0v) is 10.3. The van der Waals surface area contributed by atoms with Crippen molar-refractivity contribution in [2.24, 2.45) is 0 Å². The minimum Gasteiger partial charge on any atom is -0.379 e. The summed E-state index contributed by atoms with van der Waals surface area (Å²) in [5, 5.41) is 13.5. The zero-order chi connectivity index (χ0) is 13.8. The van der Waals surface area contributed by atoms with E-state index in [0.717, 1.165) is 12.1 Å². The third-order valence-corrected chi connectivity index (χ3v) is 2.76. The summed E-state index contributed by atoms with van der Waals surface area (Å²) in [6.45, 7) is 0.452. The van der Waals surface area contributed by atoms with E-state index in [1.807, 2.05) is 6.26 Å². The van der Waals surface area contributed by atoms with Crippen molar-refractivity contribution in [2.75, 3.05) is 23.9 Å². The Balaban J connectivity index is 3.01. The lowest BCUT2D eigenvalue weighted by molar-refractivity contribution is -0.384. The average molecular weight is 280 g/mol. The number of benzene rings is 1. The molecular formula is C10H11F3N2O2S. The lowest BCUT2D eigenvalue weighted by Crippen LogP contribution is -2.09. The van der Waals surface area contributed by atoms with E-state index >= 15 is 0 Å². The molecule has 4 nitrogen and oxygen atoms in total. The Labute approximate surface area is 106 Å². The molecule has 1 aromatic carbocycles. The van der Waals surface area contributed by atoms with Gasteiger partial charge < -0.3 is 5.32 Å². The highest BCUT2D eigenvalue weighted by atomic mass is 32.2. The molecule has 0 aliphatic carbocycles. The van der Waals surface area contributed by atoms with Crippen LogP contribution in [0.3, 0.4) is 0 Å². The first-order valence-corrected chi connectivity index (χ1v) is 6.34. The van der Waals surface area contributed by atoms with Crippen LogP contribution in [0.25, 0.3) is 0 Å². The number of hydrogen-bond donors (Lipinski definition) is 1. The summed E-state index contributed by atoms with van der Waals surface area (Å²) >= 11 is 1.53. The molecule has 0 saturated carbocycles. The molecule has 0 aliphatic heterocycles. The van der Waals surface area contributed by atoms with Gasteiger partial charge in [0.25, 0.3) is 5.69 Å². The van der Waals surface area contributed by atoms with Crippen LogP contribution < -0.4 is 5.32 Å². The van der Waals surface area contributed by atoms with Gasteiger partial charge in [0.15, 0.2) is 0 Å². The van der Waals surface area contributed by atoms with Gasteiger partial charge >= 0.3 is 6.18 Å². The molecule has 0 bridgehead atoms. The second-order valence-corrected chi connectivity index (χ2v) is 4.39. The molecule has 0 aromatic heterocycles. The van der Waals surface area contributed by atoms with Crippen LogP contribution in [0.5, 0.6) is 0 Å². The lowest BCUT2D eigenvalue weighted by atomic mass is 10.1. The highest BCUT2D eigenvalue weighted by Gasteiger charge is 2.32. The number of alkyl halides is 3. The molecule has 0 amide bonds. The summed E-state index contributed by atoms with van der Waals surface area (Å²) in [5.41, 5.74) is -1.49. The van der Waals surface area contributed by atoms with Gasteiger partial charge in [-0.2, -0.15) is 24.9 Å². The smallest absolute Gasteiger partial charge is 0.379 e. The number of thioether (sulfide) groups is 1. The van der Waals surface area contributed by atoms with Crippen LogP contribution in [0.2, 0.25) is 0 Å². The van der Waals surface area contributed by atoms with Crippen LogP contribution in [0.15, 0.2) is 18.2 Å². The van der Waals surface area contributed by atoms with E-state index in [1.54, 1.807) is 0 Å². The second-order valence-electron chi connectivity index (χ2n) is 3.41. The Morgan fingerprint density at radius 2 is 2.11 bits per heavy atom. The minimum atomic E-state index is -4.58. The fraction of sp³-hybridized carbons (Fsp3) is 0.400. The Kier molecular flexibility index (Phi) is 4.83. The second kappa shape index (κ2) is 5.94. The molecule has 0 radical (unpaired) electrons. The molecule has 0 fully saturated rings. The summed E-state index contributed by atoms with van der Waals surface area (Å²) in [5.74, 6) is 0.707. The van der Waals surface area contributed by atoms with Crippen molar-refractivity contribution >= 4 is 23.1 Å². The lowest BCUT2D eigenvalue weighted by Gasteiger charge is -2.10. The number of anilines is 1. The van der Waals surface area contributed by atoms with Crippen LogP contribution in [-0.2, 0) is 6.18 Å². The monoisotopic (exact) mass is 280 g/mol. The molecule has 1 rings (SSSR count). The number of hydrogen-bond acceptors (Lipinski definition) is 4. The normalized spacial score (nSPS) is 11.3. The number of nitrogens with one attached hydrogen (secondary N) is 1. The highest BCUT2D eigenvalue weighted by Crippen LogP contribution is 2.34. The van der Waals surface area contributed by atoms with Gasteiger partial charge in [0.05, 0.1) is 10.5 Å². The van der Waals surface area contributed by atoms with Crippen molar-refractivity contribution in [3.05, 3.63) is 33.9 Å². The Morgan fingerprint density at radius 3 is 2.61 bits per heavy atom. The van der Waals surface area contributed by atoms with Gasteiger partial charge in [0, 0.05) is 18.4 Å². The molecular weight excluding hydrogens is 269 g/mol. The fourth-order valence-corrected chi connectivity index (χ4v) is 1.60. The number of nitro benzene ring substituents is 1. The maximum absolute atomic E-state index is 12.4. The quantitative estimate of drug-likeness (QED) is 0.510. The molecule has 100 valence electrons. The summed E-state index contributed by atoms with van der Waals surface area (Å²) in [6, 6.07) is 2.46. The number of nitro groups is 1. The molecule has 1 N–H and O–H groups in total. The predicted molar refractivity (Wildman–Crippen MR) is 65.0 cm³/mol. The number of rotatable bonds is 5. The molecule has 0 spiro atoms. The molecule has 8 heteroatoms. The Hall–Kier alpha value is -1.44. The predicted octanol–water partition coefficient (Wildman–Crippen LogP) is 3.39. The summed E-state index contributed by atoms with van der Waals surface area (Å²) in [7, 11) is 0. The average Bonchev–Trinajstić information content (AvgIpc) is 2.28. The van der Waals surface area contributed by atoms with Crippen LogP contribution in [0, 0.1) is 10.1 Å². The van der Waals surface area contributed by atoms with Crippen molar-refractivity contribution in [1.82, 2.24) is 0 Å². The van der Waals surface area contributed by atoms with E-state index in [4.69, 9.17) is 0 Å². The Morgan fingerprint density at radius 1 is 1.44 bits per heavy atom. The highest BCUT2D eigenvalue weighted by molar-refractivity contribution is 7.98. The first-order chi connectivity index (χ1) is 8.36. The summed E-state index contributed by atoms with van der Waals surface area (Å²) < 4.78 is 37.3. The number of nitrogens with zero attached hydrogens (tertiary/aromatic N) is 1. The molecule has 1 aromatic rings. The van der Waals surface area contributed by atoms with Crippen molar-refractivity contribution < 1.29 is 18.1 Å². The van der Waals surface area contributed by atoms with Crippen molar-refractivity contribution in [2.45, 2.75) is 6.18 Å². The van der Waals surface area contributed by atoms with Crippen molar-refractivity contribution in [3.63, 3.8) is 0 Å². The van der Waals surface area contributed by atoms with Crippen molar-refractivity contribution in [3.8, 4) is 0 Å².